The van der Waals surface area contributed by atoms with Crippen LogP contribution in [0.3, 0.4) is 0 Å². The Morgan fingerprint density at radius 3 is 2.47 bits per heavy atom. The van der Waals surface area contributed by atoms with Gasteiger partial charge in [0.15, 0.2) is 5.82 Å². The van der Waals surface area contributed by atoms with Crippen LogP contribution >= 0.6 is 0 Å². The largest absolute Gasteiger partial charge is 0.463 e. The number of rotatable bonds is 11. The lowest BCUT2D eigenvalue weighted by Gasteiger charge is -2.11. The number of amides is 1. The van der Waals surface area contributed by atoms with Crippen molar-refractivity contribution >= 4 is 17.6 Å². The molecule has 2 N–H and O–H groups in total. The monoisotopic (exact) mass is 519 g/mol. The molecule has 10 heteroatoms. The number of aromatic nitrogens is 4. The third-order valence-corrected chi connectivity index (χ3v) is 5.89. The van der Waals surface area contributed by atoms with Crippen LogP contribution in [0.25, 0.3) is 22.8 Å². The minimum Gasteiger partial charge on any atom is -0.463 e. The summed E-state index contributed by atoms with van der Waals surface area (Å²) in [7, 11) is 1.55. The number of benzene rings is 2. The summed E-state index contributed by atoms with van der Waals surface area (Å²) in [6.45, 7) is 4.64. The van der Waals surface area contributed by atoms with Crippen molar-refractivity contribution in [3.63, 3.8) is 0 Å². The van der Waals surface area contributed by atoms with Gasteiger partial charge in [0.2, 0.25) is 0 Å². The Morgan fingerprint density at radius 2 is 1.79 bits per heavy atom. The minimum atomic E-state index is -0.350. The van der Waals surface area contributed by atoms with E-state index in [-0.39, 0.29) is 42.5 Å². The molecule has 2 aromatic carbocycles. The first kappa shape index (κ1) is 26.7. The summed E-state index contributed by atoms with van der Waals surface area (Å²) in [6.07, 6.45) is 3.98. The molecule has 9 nitrogen and oxygen atoms in total. The first-order chi connectivity index (χ1) is 18.4. The number of ether oxygens (including phenoxy) is 2. The van der Waals surface area contributed by atoms with E-state index in [1.165, 1.54) is 18.3 Å². The summed E-state index contributed by atoms with van der Waals surface area (Å²) in [5, 5.41) is 2.85. The zero-order valence-electron chi connectivity index (χ0n) is 21.5. The Morgan fingerprint density at radius 1 is 1.05 bits per heavy atom. The Kier molecular flexibility index (Phi) is 8.65. The summed E-state index contributed by atoms with van der Waals surface area (Å²) < 4.78 is 25.3. The van der Waals surface area contributed by atoms with Gasteiger partial charge in [-0.3, -0.25) is 9.59 Å². The van der Waals surface area contributed by atoms with Crippen LogP contribution in [0.2, 0.25) is 0 Å². The van der Waals surface area contributed by atoms with Crippen LogP contribution < -0.4 is 5.32 Å². The number of nitrogens with zero attached hydrogens (tertiary/aromatic N) is 3. The Hall–Kier alpha value is -4.31. The van der Waals surface area contributed by atoms with Crippen molar-refractivity contribution in [2.24, 2.45) is 0 Å². The number of aromatic amines is 1. The second-order valence-electron chi connectivity index (χ2n) is 8.96. The quantitative estimate of drug-likeness (QED) is 0.212. The maximum atomic E-state index is 13.5. The van der Waals surface area contributed by atoms with Crippen molar-refractivity contribution in [2.75, 3.05) is 25.6 Å². The smallest absolute Gasteiger partial charge is 0.306 e. The minimum absolute atomic E-state index is 0.0832. The fourth-order valence-corrected chi connectivity index (χ4v) is 3.87. The average molecular weight is 520 g/mol. The van der Waals surface area contributed by atoms with Crippen molar-refractivity contribution in [1.82, 2.24) is 19.5 Å². The summed E-state index contributed by atoms with van der Waals surface area (Å²) in [5.41, 5.74) is 3.92. The average Bonchev–Trinajstić information content (AvgIpc) is 3.57. The molecule has 1 amide bonds. The van der Waals surface area contributed by atoms with Gasteiger partial charge in [0.1, 0.15) is 23.8 Å². The van der Waals surface area contributed by atoms with E-state index in [9.17, 15) is 14.0 Å². The number of aryl methyl sites for hydroxylation is 1. The van der Waals surface area contributed by atoms with Gasteiger partial charge in [-0.15, -0.1) is 0 Å². The van der Waals surface area contributed by atoms with Crippen LogP contribution in [0.15, 0.2) is 61.1 Å². The molecule has 0 bridgehead atoms. The molecule has 38 heavy (non-hydrogen) atoms. The van der Waals surface area contributed by atoms with Crippen molar-refractivity contribution in [3.8, 4) is 22.8 Å². The number of esters is 1. The van der Waals surface area contributed by atoms with E-state index in [1.807, 2.05) is 30.5 Å². The van der Waals surface area contributed by atoms with E-state index in [2.05, 4.69) is 20.3 Å². The van der Waals surface area contributed by atoms with Gasteiger partial charge in [-0.25, -0.2) is 14.4 Å². The Labute approximate surface area is 220 Å². The van der Waals surface area contributed by atoms with E-state index < -0.39 is 0 Å². The molecule has 198 valence electrons. The molecule has 2 aromatic heterocycles. The van der Waals surface area contributed by atoms with Crippen molar-refractivity contribution < 1.29 is 23.5 Å². The third kappa shape index (κ3) is 6.51. The van der Waals surface area contributed by atoms with Crippen LogP contribution in [0.4, 0.5) is 10.1 Å². The zero-order valence-corrected chi connectivity index (χ0v) is 21.5. The molecular formula is C28H30FN5O4. The number of halogens is 1. The van der Waals surface area contributed by atoms with Gasteiger partial charge in [-0.1, -0.05) is 12.1 Å². The lowest BCUT2D eigenvalue weighted by molar-refractivity contribution is -0.144. The van der Waals surface area contributed by atoms with Crippen molar-refractivity contribution in [2.45, 2.75) is 32.7 Å². The standard InChI is InChI=1S/C28H30FN5O4/c1-18(2)34-17-31-25(20-7-9-21(29)10-8-20)26(34)27-30-16-23(33-27)28(36)32-22-11-4-19(5-12-22)6-13-24(35)38-15-14-37-3/h4-5,7-12,16-18H,6,13-15H2,1-3H3,(H,30,33)(H,32,36). The molecule has 0 unspecified atom stereocenters. The molecule has 0 atom stereocenters. The maximum Gasteiger partial charge on any atom is 0.306 e. The molecular weight excluding hydrogens is 489 g/mol. The van der Waals surface area contributed by atoms with E-state index in [0.29, 0.717) is 35.9 Å². The molecule has 0 saturated heterocycles. The van der Waals surface area contributed by atoms with Gasteiger partial charge in [0.25, 0.3) is 5.91 Å². The molecule has 4 rings (SSSR count). The first-order valence-electron chi connectivity index (χ1n) is 12.3. The van der Waals surface area contributed by atoms with Gasteiger partial charge in [0, 0.05) is 30.8 Å². The van der Waals surface area contributed by atoms with Crippen LogP contribution in [0.5, 0.6) is 0 Å². The highest BCUT2D eigenvalue weighted by Gasteiger charge is 2.21. The Balaban J connectivity index is 1.44. The lowest BCUT2D eigenvalue weighted by Crippen LogP contribution is -2.12. The number of imidazole rings is 2. The predicted octanol–water partition coefficient (Wildman–Crippen LogP) is 5.03. The maximum absolute atomic E-state index is 13.5. The van der Waals surface area contributed by atoms with Gasteiger partial charge >= 0.3 is 5.97 Å². The van der Waals surface area contributed by atoms with Crippen LogP contribution in [0.1, 0.15) is 42.4 Å². The fraction of sp³-hybridized carbons (Fsp3) is 0.286. The Bertz CT molecular complexity index is 1380. The molecule has 2 heterocycles. The molecule has 0 saturated carbocycles. The summed E-state index contributed by atoms with van der Waals surface area (Å²) >= 11 is 0. The third-order valence-electron chi connectivity index (χ3n) is 5.89. The number of carbonyl (C=O) groups is 2. The van der Waals surface area contributed by atoms with Crippen LogP contribution in [-0.4, -0.2) is 51.7 Å². The van der Waals surface area contributed by atoms with Crippen molar-refractivity contribution in [3.05, 3.63) is 78.1 Å². The summed E-state index contributed by atoms with van der Waals surface area (Å²) in [5.74, 6) is -0.481. The van der Waals surface area contributed by atoms with Gasteiger partial charge in [-0.2, -0.15) is 0 Å². The molecule has 0 aliphatic rings. The number of hydrogen-bond donors (Lipinski definition) is 2. The van der Waals surface area contributed by atoms with Gasteiger partial charge in [-0.05, 0) is 62.2 Å². The number of carbonyl (C=O) groups excluding carboxylic acids is 2. The number of methoxy groups -OCH3 is 1. The SMILES string of the molecule is COCCOC(=O)CCc1ccc(NC(=O)c2cnc(-c3c(-c4ccc(F)cc4)ncn3C(C)C)[nH]2)cc1. The van der Waals surface area contributed by atoms with Crippen molar-refractivity contribution in [1.29, 1.82) is 0 Å². The lowest BCUT2D eigenvalue weighted by atomic mass is 10.1. The molecule has 0 aliphatic heterocycles. The van der Waals surface area contributed by atoms with Crippen LogP contribution in [0, 0.1) is 5.82 Å². The fourth-order valence-electron chi connectivity index (χ4n) is 3.87. The number of anilines is 1. The second-order valence-corrected chi connectivity index (χ2v) is 8.96. The molecule has 0 fully saturated rings. The van der Waals surface area contributed by atoms with E-state index >= 15 is 0 Å². The zero-order chi connectivity index (χ0) is 27.1. The molecule has 0 aliphatic carbocycles. The normalized spacial score (nSPS) is 11.1. The number of hydrogen-bond acceptors (Lipinski definition) is 6. The highest BCUT2D eigenvalue weighted by molar-refractivity contribution is 6.03. The molecule has 0 spiro atoms. The predicted molar refractivity (Wildman–Crippen MR) is 141 cm³/mol. The van der Waals surface area contributed by atoms with E-state index in [0.717, 1.165) is 11.1 Å². The number of nitrogens with one attached hydrogen (secondary N) is 2. The number of H-pyrrole nitrogens is 1. The van der Waals surface area contributed by atoms with Gasteiger partial charge in [0.05, 0.1) is 24.8 Å². The van der Waals surface area contributed by atoms with E-state index in [1.54, 1.807) is 37.7 Å². The highest BCUT2D eigenvalue weighted by atomic mass is 19.1. The summed E-state index contributed by atoms with van der Waals surface area (Å²) in [4.78, 5) is 36.8. The van der Waals surface area contributed by atoms with Crippen LogP contribution in [-0.2, 0) is 20.7 Å². The first-order valence-corrected chi connectivity index (χ1v) is 12.3. The molecule has 0 radical (unpaired) electrons. The highest BCUT2D eigenvalue weighted by Crippen LogP contribution is 2.31. The van der Waals surface area contributed by atoms with E-state index in [4.69, 9.17) is 9.47 Å². The topological polar surface area (TPSA) is 111 Å². The second kappa shape index (κ2) is 12.3. The van der Waals surface area contributed by atoms with Gasteiger partial charge < -0.3 is 24.3 Å². The summed E-state index contributed by atoms with van der Waals surface area (Å²) in [6, 6.07) is 13.4. The molecule has 4 aromatic rings.